The quantitative estimate of drug-likeness (QED) is 0.751. The van der Waals surface area contributed by atoms with Gasteiger partial charge in [0.1, 0.15) is 0 Å². The monoisotopic (exact) mass is 217 g/mol. The van der Waals surface area contributed by atoms with Gasteiger partial charge in [0.15, 0.2) is 0 Å². The van der Waals surface area contributed by atoms with Crippen molar-refractivity contribution in [2.24, 2.45) is 0 Å². The summed E-state index contributed by atoms with van der Waals surface area (Å²) < 4.78 is 0. The largest absolute Gasteiger partial charge is 0.368 e. The molecule has 0 spiro atoms. The summed E-state index contributed by atoms with van der Waals surface area (Å²) in [6.45, 7) is 6.86. The molecule has 1 aliphatic heterocycles. The molecule has 2 heterocycles. The molecule has 16 heavy (non-hydrogen) atoms. The summed E-state index contributed by atoms with van der Waals surface area (Å²) in [6.07, 6.45) is 6.75. The smallest absolute Gasteiger partial charge is 0.0556 e. The zero-order valence-corrected chi connectivity index (χ0v) is 9.89. The molecule has 1 aliphatic carbocycles. The molecule has 0 unspecified atom stereocenters. The molecule has 1 aromatic rings. The molecule has 3 heteroatoms. The average molecular weight is 217 g/mol. The molecule has 1 saturated carbocycles. The minimum absolute atomic E-state index is 0.915. The zero-order chi connectivity index (χ0) is 11.0. The first-order chi connectivity index (χ1) is 7.83. The van der Waals surface area contributed by atoms with Gasteiger partial charge in [-0.3, -0.25) is 9.88 Å². The Morgan fingerprint density at radius 2 is 1.88 bits per heavy atom. The summed E-state index contributed by atoms with van der Waals surface area (Å²) in [5, 5.41) is 0. The van der Waals surface area contributed by atoms with Crippen LogP contribution in [0.4, 0.5) is 5.69 Å². The van der Waals surface area contributed by atoms with E-state index in [2.05, 4.69) is 27.8 Å². The standard InChI is InChI=1S/C13H19N3/c1-11-8-13(10-14-9-11)16-6-4-15(5-7-16)12-2-3-12/h8-10,12H,2-7H2,1H3. The van der Waals surface area contributed by atoms with Crippen LogP contribution in [0.1, 0.15) is 18.4 Å². The number of aryl methyl sites for hydroxylation is 1. The maximum Gasteiger partial charge on any atom is 0.0556 e. The Hall–Kier alpha value is -1.09. The Bertz CT molecular complexity index is 365. The number of pyridine rings is 1. The SMILES string of the molecule is Cc1cncc(N2CCN(C3CC3)CC2)c1. The van der Waals surface area contributed by atoms with E-state index in [-0.39, 0.29) is 0 Å². The van der Waals surface area contributed by atoms with Crippen LogP contribution in [0.15, 0.2) is 18.5 Å². The minimum Gasteiger partial charge on any atom is -0.368 e. The summed E-state index contributed by atoms with van der Waals surface area (Å²) in [6, 6.07) is 3.15. The molecule has 0 aromatic carbocycles. The average Bonchev–Trinajstić information content (AvgIpc) is 3.13. The van der Waals surface area contributed by atoms with Crippen LogP contribution >= 0.6 is 0 Å². The summed E-state index contributed by atoms with van der Waals surface area (Å²) >= 11 is 0. The lowest BCUT2D eigenvalue weighted by atomic mass is 10.2. The second-order valence-corrected chi connectivity index (χ2v) is 4.97. The fourth-order valence-corrected chi connectivity index (χ4v) is 2.50. The van der Waals surface area contributed by atoms with E-state index in [4.69, 9.17) is 0 Å². The van der Waals surface area contributed by atoms with Gasteiger partial charge in [-0.1, -0.05) is 0 Å². The van der Waals surface area contributed by atoms with Crippen molar-refractivity contribution >= 4 is 5.69 Å². The summed E-state index contributed by atoms with van der Waals surface area (Å²) in [5.74, 6) is 0. The van der Waals surface area contributed by atoms with Gasteiger partial charge in [-0.25, -0.2) is 0 Å². The number of rotatable bonds is 2. The fraction of sp³-hybridized carbons (Fsp3) is 0.615. The van der Waals surface area contributed by atoms with Gasteiger partial charge in [0.2, 0.25) is 0 Å². The van der Waals surface area contributed by atoms with Crippen molar-refractivity contribution in [1.29, 1.82) is 0 Å². The lowest BCUT2D eigenvalue weighted by molar-refractivity contribution is 0.248. The van der Waals surface area contributed by atoms with E-state index in [1.165, 1.54) is 37.2 Å². The molecule has 1 aromatic heterocycles. The van der Waals surface area contributed by atoms with Crippen molar-refractivity contribution in [3.8, 4) is 0 Å². The Morgan fingerprint density at radius 1 is 1.12 bits per heavy atom. The van der Waals surface area contributed by atoms with Gasteiger partial charge in [0.05, 0.1) is 11.9 Å². The van der Waals surface area contributed by atoms with Crippen LogP contribution in [0.25, 0.3) is 0 Å². The highest BCUT2D eigenvalue weighted by Gasteiger charge is 2.31. The van der Waals surface area contributed by atoms with Gasteiger partial charge in [0.25, 0.3) is 0 Å². The molecule has 0 atom stereocenters. The topological polar surface area (TPSA) is 19.4 Å². The van der Waals surface area contributed by atoms with Crippen LogP contribution in [0.3, 0.4) is 0 Å². The molecule has 0 bridgehead atoms. The van der Waals surface area contributed by atoms with Crippen LogP contribution in [0, 0.1) is 6.92 Å². The lowest BCUT2D eigenvalue weighted by Crippen LogP contribution is -2.47. The van der Waals surface area contributed by atoms with Crippen molar-refractivity contribution < 1.29 is 0 Å². The molecule has 2 aliphatic rings. The second-order valence-electron chi connectivity index (χ2n) is 4.97. The summed E-state index contributed by atoms with van der Waals surface area (Å²) in [7, 11) is 0. The Morgan fingerprint density at radius 3 is 2.50 bits per heavy atom. The predicted octanol–water partition coefficient (Wildman–Crippen LogP) is 1.67. The van der Waals surface area contributed by atoms with E-state index in [1.807, 2.05) is 12.4 Å². The Labute approximate surface area is 97.1 Å². The van der Waals surface area contributed by atoms with Gasteiger partial charge in [-0.15, -0.1) is 0 Å². The number of piperazine rings is 1. The maximum atomic E-state index is 4.27. The first-order valence-electron chi connectivity index (χ1n) is 6.23. The van der Waals surface area contributed by atoms with Crippen LogP contribution in [0.5, 0.6) is 0 Å². The number of anilines is 1. The molecule has 86 valence electrons. The molecule has 3 rings (SSSR count). The fourth-order valence-electron chi connectivity index (χ4n) is 2.50. The summed E-state index contributed by atoms with van der Waals surface area (Å²) in [4.78, 5) is 9.37. The van der Waals surface area contributed by atoms with E-state index in [1.54, 1.807) is 0 Å². The van der Waals surface area contributed by atoms with E-state index in [9.17, 15) is 0 Å². The third-order valence-electron chi connectivity index (χ3n) is 3.60. The summed E-state index contributed by atoms with van der Waals surface area (Å²) in [5.41, 5.74) is 2.54. The second kappa shape index (κ2) is 4.06. The van der Waals surface area contributed by atoms with Crippen LogP contribution < -0.4 is 4.90 Å². The molecule has 3 nitrogen and oxygen atoms in total. The van der Waals surface area contributed by atoms with Crippen molar-refractivity contribution in [2.75, 3.05) is 31.1 Å². The van der Waals surface area contributed by atoms with Crippen LogP contribution in [0.2, 0.25) is 0 Å². The third kappa shape index (κ3) is 2.05. The minimum atomic E-state index is 0.915. The molecule has 0 N–H and O–H groups in total. The maximum absolute atomic E-state index is 4.27. The molecule has 0 amide bonds. The lowest BCUT2D eigenvalue weighted by Gasteiger charge is -2.36. The molecular weight excluding hydrogens is 198 g/mol. The third-order valence-corrected chi connectivity index (χ3v) is 3.60. The molecule has 1 saturated heterocycles. The molecule has 2 fully saturated rings. The van der Waals surface area contributed by atoms with Gasteiger partial charge in [-0.2, -0.15) is 0 Å². The van der Waals surface area contributed by atoms with Crippen molar-refractivity contribution in [2.45, 2.75) is 25.8 Å². The van der Waals surface area contributed by atoms with Gasteiger partial charge in [0, 0.05) is 38.4 Å². The van der Waals surface area contributed by atoms with E-state index >= 15 is 0 Å². The Balaban J connectivity index is 1.64. The Kier molecular flexibility index (Phi) is 2.56. The predicted molar refractivity (Wildman–Crippen MR) is 65.8 cm³/mol. The first-order valence-corrected chi connectivity index (χ1v) is 6.23. The van der Waals surface area contributed by atoms with E-state index in [0.717, 1.165) is 19.1 Å². The first kappa shape index (κ1) is 10.1. The highest BCUT2D eigenvalue weighted by Crippen LogP contribution is 2.28. The van der Waals surface area contributed by atoms with Gasteiger partial charge >= 0.3 is 0 Å². The van der Waals surface area contributed by atoms with Crippen molar-refractivity contribution in [3.63, 3.8) is 0 Å². The van der Waals surface area contributed by atoms with Crippen LogP contribution in [-0.2, 0) is 0 Å². The normalized spacial score (nSPS) is 22.4. The number of nitrogens with zero attached hydrogens (tertiary/aromatic N) is 3. The highest BCUT2D eigenvalue weighted by atomic mass is 15.3. The van der Waals surface area contributed by atoms with Gasteiger partial charge < -0.3 is 4.90 Å². The number of hydrogen-bond donors (Lipinski definition) is 0. The van der Waals surface area contributed by atoms with Crippen LogP contribution in [-0.4, -0.2) is 42.1 Å². The highest BCUT2D eigenvalue weighted by molar-refractivity contribution is 5.46. The molecular formula is C13H19N3. The van der Waals surface area contributed by atoms with E-state index in [0.29, 0.717) is 0 Å². The number of aromatic nitrogens is 1. The number of hydrogen-bond acceptors (Lipinski definition) is 3. The van der Waals surface area contributed by atoms with Gasteiger partial charge in [-0.05, 0) is 31.4 Å². The van der Waals surface area contributed by atoms with Crippen molar-refractivity contribution in [1.82, 2.24) is 9.88 Å². The molecule has 0 radical (unpaired) electrons. The zero-order valence-electron chi connectivity index (χ0n) is 9.89. The van der Waals surface area contributed by atoms with E-state index < -0.39 is 0 Å². The van der Waals surface area contributed by atoms with Crippen molar-refractivity contribution in [3.05, 3.63) is 24.0 Å².